The van der Waals surface area contributed by atoms with E-state index in [2.05, 4.69) is 15.9 Å². The second-order valence-corrected chi connectivity index (χ2v) is 5.68. The lowest BCUT2D eigenvalue weighted by molar-refractivity contribution is 0.609. The van der Waals surface area contributed by atoms with Crippen LogP contribution >= 0.6 is 15.9 Å². The first-order valence-corrected chi connectivity index (χ1v) is 6.49. The summed E-state index contributed by atoms with van der Waals surface area (Å²) in [4.78, 5) is 0. The molecule has 1 rings (SSSR count). The number of hydrogen-bond acceptors (Lipinski definition) is 2. The summed E-state index contributed by atoms with van der Waals surface area (Å²) in [5.74, 6) is 0. The lowest BCUT2D eigenvalue weighted by atomic mass is 10.2. The number of rotatable bonds is 3. The molecule has 70 valence electrons. The highest BCUT2D eigenvalue weighted by molar-refractivity contribution is 9.10. The molecule has 0 fully saturated rings. The molecule has 0 atom stereocenters. The minimum absolute atomic E-state index is 0.0384. The molecule has 0 unspecified atom stereocenters. The van der Waals surface area contributed by atoms with Gasteiger partial charge in [-0.2, -0.15) is 0 Å². The van der Waals surface area contributed by atoms with Crippen molar-refractivity contribution in [3.8, 4) is 0 Å². The van der Waals surface area contributed by atoms with E-state index in [1.165, 1.54) is 5.41 Å². The molecule has 0 spiro atoms. The molecule has 0 aromatic heterocycles. The standard InChI is InChI=1S/C9H9BrO2S/c10-8-13(11,12)7-6-9-4-2-1-3-5-9/h1-7H,8H2/b7-6-. The molecule has 0 heterocycles. The van der Waals surface area contributed by atoms with E-state index in [1.807, 2.05) is 30.3 Å². The average molecular weight is 261 g/mol. The first kappa shape index (κ1) is 10.5. The Bertz CT molecular complexity index is 381. The molecule has 0 aliphatic heterocycles. The highest BCUT2D eigenvalue weighted by Crippen LogP contribution is 2.05. The predicted molar refractivity (Wildman–Crippen MR) is 58.2 cm³/mol. The normalized spacial score (nSPS) is 12.1. The van der Waals surface area contributed by atoms with Crippen molar-refractivity contribution in [1.29, 1.82) is 0 Å². The minimum Gasteiger partial charge on any atom is -0.223 e. The molecular weight excluding hydrogens is 252 g/mol. The Morgan fingerprint density at radius 1 is 1.23 bits per heavy atom. The van der Waals surface area contributed by atoms with Crippen LogP contribution in [0.1, 0.15) is 5.56 Å². The van der Waals surface area contributed by atoms with E-state index < -0.39 is 9.84 Å². The summed E-state index contributed by atoms with van der Waals surface area (Å²) < 4.78 is 22.0. The molecule has 0 N–H and O–H groups in total. The summed E-state index contributed by atoms with van der Waals surface area (Å²) in [5.41, 5.74) is 0.882. The van der Waals surface area contributed by atoms with Gasteiger partial charge in [-0.25, -0.2) is 8.42 Å². The Balaban J connectivity index is 2.82. The van der Waals surface area contributed by atoms with Crippen LogP contribution in [0.2, 0.25) is 0 Å². The molecule has 0 saturated heterocycles. The maximum Gasteiger partial charge on any atom is 0.181 e. The Morgan fingerprint density at radius 2 is 1.85 bits per heavy atom. The Morgan fingerprint density at radius 3 is 2.38 bits per heavy atom. The monoisotopic (exact) mass is 260 g/mol. The molecule has 0 aliphatic rings. The van der Waals surface area contributed by atoms with Crippen LogP contribution in [0, 0.1) is 0 Å². The van der Waals surface area contributed by atoms with Gasteiger partial charge in [0, 0.05) is 5.41 Å². The van der Waals surface area contributed by atoms with E-state index in [1.54, 1.807) is 6.08 Å². The largest absolute Gasteiger partial charge is 0.223 e. The second kappa shape index (κ2) is 4.58. The molecule has 0 amide bonds. The molecular formula is C9H9BrO2S. The highest BCUT2D eigenvalue weighted by atomic mass is 79.9. The van der Waals surface area contributed by atoms with Crippen LogP contribution in [-0.4, -0.2) is 13.1 Å². The fraction of sp³-hybridized carbons (Fsp3) is 0.111. The number of alkyl halides is 1. The van der Waals surface area contributed by atoms with Gasteiger partial charge < -0.3 is 0 Å². The van der Waals surface area contributed by atoms with E-state index in [0.717, 1.165) is 5.56 Å². The third-order valence-electron chi connectivity index (χ3n) is 1.42. The maximum absolute atomic E-state index is 11.0. The second-order valence-electron chi connectivity index (χ2n) is 2.49. The van der Waals surface area contributed by atoms with Gasteiger partial charge in [0.2, 0.25) is 0 Å². The van der Waals surface area contributed by atoms with Crippen molar-refractivity contribution in [2.75, 3.05) is 4.66 Å². The Hall–Kier alpha value is -0.610. The summed E-state index contributed by atoms with van der Waals surface area (Å²) in [6.45, 7) is 0. The predicted octanol–water partition coefficient (Wildman–Crippen LogP) is 2.42. The molecule has 0 aliphatic carbocycles. The topological polar surface area (TPSA) is 34.1 Å². The first-order valence-electron chi connectivity index (χ1n) is 3.66. The molecule has 4 heteroatoms. The van der Waals surface area contributed by atoms with Crippen molar-refractivity contribution < 1.29 is 8.42 Å². The Kier molecular flexibility index (Phi) is 3.69. The van der Waals surface area contributed by atoms with Gasteiger partial charge in [-0.1, -0.05) is 46.3 Å². The van der Waals surface area contributed by atoms with E-state index in [4.69, 9.17) is 0 Å². The van der Waals surface area contributed by atoms with E-state index in [-0.39, 0.29) is 4.66 Å². The van der Waals surface area contributed by atoms with Crippen molar-refractivity contribution in [2.24, 2.45) is 0 Å². The van der Waals surface area contributed by atoms with Crippen LogP contribution in [0.3, 0.4) is 0 Å². The van der Waals surface area contributed by atoms with E-state index in [9.17, 15) is 8.42 Å². The fourth-order valence-corrected chi connectivity index (χ4v) is 1.68. The summed E-state index contributed by atoms with van der Waals surface area (Å²) in [6, 6.07) is 9.30. The number of halogens is 1. The third kappa shape index (κ3) is 3.74. The van der Waals surface area contributed by atoms with Crippen molar-refractivity contribution in [1.82, 2.24) is 0 Å². The van der Waals surface area contributed by atoms with Gasteiger partial charge in [0.15, 0.2) is 9.84 Å². The summed E-state index contributed by atoms with van der Waals surface area (Å²) >= 11 is 2.91. The van der Waals surface area contributed by atoms with Crippen LogP contribution in [0.15, 0.2) is 35.7 Å². The van der Waals surface area contributed by atoms with Gasteiger partial charge in [0.25, 0.3) is 0 Å². The van der Waals surface area contributed by atoms with Crippen molar-refractivity contribution >= 4 is 31.8 Å². The number of hydrogen-bond donors (Lipinski definition) is 0. The van der Waals surface area contributed by atoms with Crippen LogP contribution in [0.5, 0.6) is 0 Å². The first-order chi connectivity index (χ1) is 6.14. The van der Waals surface area contributed by atoms with Gasteiger partial charge in [-0.05, 0) is 11.6 Å². The smallest absolute Gasteiger partial charge is 0.181 e. The van der Waals surface area contributed by atoms with Crippen LogP contribution in [0.25, 0.3) is 6.08 Å². The SMILES string of the molecule is O=S(=O)(/C=C\c1ccccc1)CBr. The zero-order valence-electron chi connectivity index (χ0n) is 6.85. The van der Waals surface area contributed by atoms with Crippen molar-refractivity contribution in [3.05, 3.63) is 41.3 Å². The van der Waals surface area contributed by atoms with Gasteiger partial charge in [0.1, 0.15) is 4.66 Å². The molecule has 0 radical (unpaired) electrons. The van der Waals surface area contributed by atoms with Crippen LogP contribution in [-0.2, 0) is 9.84 Å². The zero-order valence-corrected chi connectivity index (χ0v) is 9.25. The summed E-state index contributed by atoms with van der Waals surface area (Å²) in [7, 11) is -3.08. The quantitative estimate of drug-likeness (QED) is 0.783. The molecule has 0 bridgehead atoms. The third-order valence-corrected chi connectivity index (χ3v) is 4.19. The summed E-state index contributed by atoms with van der Waals surface area (Å²) in [5, 5.41) is 1.21. The molecule has 0 saturated carbocycles. The molecule has 2 nitrogen and oxygen atoms in total. The Labute approximate surface area is 86.3 Å². The lowest BCUT2D eigenvalue weighted by Crippen LogP contribution is -1.93. The van der Waals surface area contributed by atoms with Crippen LogP contribution < -0.4 is 0 Å². The molecule has 1 aromatic rings. The van der Waals surface area contributed by atoms with Crippen LogP contribution in [0.4, 0.5) is 0 Å². The lowest BCUT2D eigenvalue weighted by Gasteiger charge is -1.91. The molecule has 13 heavy (non-hydrogen) atoms. The van der Waals surface area contributed by atoms with Gasteiger partial charge in [-0.3, -0.25) is 0 Å². The number of sulfone groups is 1. The summed E-state index contributed by atoms with van der Waals surface area (Å²) in [6.07, 6.45) is 1.58. The maximum atomic E-state index is 11.0. The van der Waals surface area contributed by atoms with Gasteiger partial charge in [0.05, 0.1) is 0 Å². The average Bonchev–Trinajstić information content (AvgIpc) is 2.17. The minimum atomic E-state index is -3.08. The zero-order chi connectivity index (χ0) is 9.73. The van der Waals surface area contributed by atoms with Gasteiger partial charge in [-0.15, -0.1) is 0 Å². The van der Waals surface area contributed by atoms with E-state index in [0.29, 0.717) is 0 Å². The molecule has 1 aromatic carbocycles. The number of benzene rings is 1. The highest BCUT2D eigenvalue weighted by Gasteiger charge is 2.00. The van der Waals surface area contributed by atoms with Gasteiger partial charge >= 0.3 is 0 Å². The van der Waals surface area contributed by atoms with Crippen molar-refractivity contribution in [3.63, 3.8) is 0 Å². The van der Waals surface area contributed by atoms with E-state index >= 15 is 0 Å². The fourth-order valence-electron chi connectivity index (χ4n) is 0.783. The van der Waals surface area contributed by atoms with Crippen molar-refractivity contribution in [2.45, 2.75) is 0 Å².